The molecule has 0 aliphatic rings. The van der Waals surface area contributed by atoms with Gasteiger partial charge in [0.25, 0.3) is 0 Å². The van der Waals surface area contributed by atoms with Crippen molar-refractivity contribution in [2.75, 3.05) is 41.3 Å². The smallest absolute Gasteiger partial charge is 0.0215 e. The Morgan fingerprint density at radius 1 is 1.07 bits per heavy atom. The van der Waals surface area contributed by atoms with E-state index < -0.39 is 0 Å². The zero-order valence-electron chi connectivity index (χ0n) is 10.7. The van der Waals surface area contributed by atoms with E-state index in [1.54, 1.807) is 0 Å². The highest BCUT2D eigenvalue weighted by molar-refractivity contribution is 4.74. The molecule has 0 aromatic carbocycles. The van der Waals surface area contributed by atoms with Gasteiger partial charge in [-0.15, -0.1) is 0 Å². The first kappa shape index (κ1) is 13.9. The molecule has 0 aliphatic carbocycles. The van der Waals surface area contributed by atoms with Gasteiger partial charge in [0.2, 0.25) is 0 Å². The van der Waals surface area contributed by atoms with Gasteiger partial charge in [0, 0.05) is 12.1 Å². The molecule has 86 valence electrons. The summed E-state index contributed by atoms with van der Waals surface area (Å²) in [7, 11) is 8.47. The molecule has 0 saturated heterocycles. The molecule has 0 aromatic heterocycles. The molecule has 0 rings (SSSR count). The van der Waals surface area contributed by atoms with Crippen LogP contribution >= 0.6 is 0 Å². The molecule has 0 radical (unpaired) electrons. The predicted molar refractivity (Wildman–Crippen MR) is 63.8 cm³/mol. The third-order valence-corrected chi connectivity index (χ3v) is 2.99. The lowest BCUT2D eigenvalue weighted by Crippen LogP contribution is -2.44. The molecule has 0 aliphatic heterocycles. The highest BCUT2D eigenvalue weighted by Crippen LogP contribution is 2.02. The van der Waals surface area contributed by atoms with Crippen LogP contribution in [0.4, 0.5) is 0 Å². The first-order chi connectivity index (χ1) is 6.49. The van der Waals surface area contributed by atoms with Gasteiger partial charge in [-0.3, -0.25) is 0 Å². The normalized spacial score (nSPS) is 16.3. The average Bonchev–Trinajstić information content (AvgIpc) is 2.14. The molecule has 0 amide bonds. The van der Waals surface area contributed by atoms with Gasteiger partial charge in [-0.25, -0.2) is 0 Å². The fourth-order valence-electron chi connectivity index (χ4n) is 1.46. The Bertz CT molecular complexity index is 136. The Hall–Kier alpha value is -0.120. The van der Waals surface area contributed by atoms with Crippen LogP contribution in [0.3, 0.4) is 0 Å². The molecule has 3 nitrogen and oxygen atoms in total. The lowest BCUT2D eigenvalue weighted by molar-refractivity contribution is 0.208. The first-order valence-corrected chi connectivity index (χ1v) is 5.51. The second-order valence-electron chi connectivity index (χ2n) is 4.46. The molecule has 0 aromatic rings. The fraction of sp³-hybridized carbons (Fsp3) is 1.00. The molecule has 0 bridgehead atoms. The number of hydrogen-bond donors (Lipinski definition) is 1. The minimum Gasteiger partial charge on any atom is -0.316 e. The van der Waals surface area contributed by atoms with E-state index in [2.05, 4.69) is 50.1 Å². The van der Waals surface area contributed by atoms with E-state index in [9.17, 15) is 0 Å². The summed E-state index contributed by atoms with van der Waals surface area (Å²) in [5.41, 5.74) is 0. The molecule has 2 unspecified atom stereocenters. The maximum absolute atomic E-state index is 3.29. The second-order valence-corrected chi connectivity index (χ2v) is 4.46. The Balaban J connectivity index is 3.67. The monoisotopic (exact) mass is 201 g/mol. The maximum Gasteiger partial charge on any atom is 0.0215 e. The van der Waals surface area contributed by atoms with Gasteiger partial charge in [0.15, 0.2) is 0 Å². The minimum absolute atomic E-state index is 0.555. The van der Waals surface area contributed by atoms with E-state index in [1.165, 1.54) is 19.5 Å². The van der Waals surface area contributed by atoms with Crippen molar-refractivity contribution < 1.29 is 0 Å². The highest BCUT2D eigenvalue weighted by Gasteiger charge is 2.14. The number of hydrogen-bond acceptors (Lipinski definition) is 3. The zero-order chi connectivity index (χ0) is 11.1. The van der Waals surface area contributed by atoms with Crippen molar-refractivity contribution in [1.29, 1.82) is 0 Å². The van der Waals surface area contributed by atoms with Gasteiger partial charge in [0.05, 0.1) is 0 Å². The van der Waals surface area contributed by atoms with Crippen molar-refractivity contribution in [3.63, 3.8) is 0 Å². The van der Waals surface area contributed by atoms with Gasteiger partial charge >= 0.3 is 0 Å². The summed E-state index contributed by atoms with van der Waals surface area (Å²) in [6.07, 6.45) is 1.24. The fourth-order valence-corrected chi connectivity index (χ4v) is 1.46. The zero-order valence-corrected chi connectivity index (χ0v) is 10.7. The number of nitrogens with one attached hydrogen (secondary N) is 1. The minimum atomic E-state index is 0.555. The summed E-state index contributed by atoms with van der Waals surface area (Å²) in [5, 5.41) is 3.29. The van der Waals surface area contributed by atoms with Crippen LogP contribution in [-0.2, 0) is 0 Å². The highest BCUT2D eigenvalue weighted by atomic mass is 15.2. The number of likely N-dealkylation sites (N-methyl/N-ethyl adjacent to an activating group) is 2. The summed E-state index contributed by atoms with van der Waals surface area (Å²) in [4.78, 5) is 4.66. The van der Waals surface area contributed by atoms with Crippen LogP contribution in [0.1, 0.15) is 20.3 Å². The van der Waals surface area contributed by atoms with Crippen molar-refractivity contribution in [2.24, 2.45) is 0 Å². The van der Waals surface area contributed by atoms with E-state index in [4.69, 9.17) is 0 Å². The van der Waals surface area contributed by atoms with Crippen LogP contribution in [0.2, 0.25) is 0 Å². The van der Waals surface area contributed by atoms with Crippen LogP contribution in [0.5, 0.6) is 0 Å². The SMILES string of the molecule is CNC(C)C(C)N(C)CCCN(C)C. The van der Waals surface area contributed by atoms with Gasteiger partial charge in [-0.05, 0) is 61.5 Å². The van der Waals surface area contributed by atoms with Crippen LogP contribution in [0, 0.1) is 0 Å². The Labute approximate surface area is 89.5 Å². The number of rotatable bonds is 7. The molecule has 3 heteroatoms. The maximum atomic E-state index is 3.29. The molecule has 14 heavy (non-hydrogen) atoms. The third-order valence-electron chi connectivity index (χ3n) is 2.99. The summed E-state index contributed by atoms with van der Waals surface area (Å²) >= 11 is 0. The third kappa shape index (κ3) is 5.58. The quantitative estimate of drug-likeness (QED) is 0.659. The van der Waals surface area contributed by atoms with E-state index >= 15 is 0 Å². The lowest BCUT2D eigenvalue weighted by atomic mass is 10.1. The predicted octanol–water partition coefficient (Wildman–Crippen LogP) is 0.866. The molecular weight excluding hydrogens is 174 g/mol. The largest absolute Gasteiger partial charge is 0.316 e. The summed E-state index contributed by atoms with van der Waals surface area (Å²) in [6, 6.07) is 1.15. The van der Waals surface area contributed by atoms with Gasteiger partial charge < -0.3 is 15.1 Å². The summed E-state index contributed by atoms with van der Waals surface area (Å²) in [6.45, 7) is 6.85. The van der Waals surface area contributed by atoms with E-state index in [-0.39, 0.29) is 0 Å². The van der Waals surface area contributed by atoms with Crippen molar-refractivity contribution in [1.82, 2.24) is 15.1 Å². The Kier molecular flexibility index (Phi) is 7.15. The van der Waals surface area contributed by atoms with Crippen LogP contribution in [0.25, 0.3) is 0 Å². The van der Waals surface area contributed by atoms with Crippen molar-refractivity contribution in [3.05, 3.63) is 0 Å². The second kappa shape index (κ2) is 7.21. The van der Waals surface area contributed by atoms with Crippen molar-refractivity contribution in [2.45, 2.75) is 32.4 Å². The molecule has 0 spiro atoms. The Morgan fingerprint density at radius 2 is 1.64 bits per heavy atom. The van der Waals surface area contributed by atoms with E-state index in [0.29, 0.717) is 12.1 Å². The molecule has 1 N–H and O–H groups in total. The van der Waals surface area contributed by atoms with Crippen molar-refractivity contribution >= 4 is 0 Å². The van der Waals surface area contributed by atoms with Crippen LogP contribution in [-0.4, -0.2) is 63.2 Å². The molecule has 0 fully saturated rings. The van der Waals surface area contributed by atoms with Crippen LogP contribution < -0.4 is 5.32 Å². The summed E-state index contributed by atoms with van der Waals surface area (Å²) < 4.78 is 0. The first-order valence-electron chi connectivity index (χ1n) is 5.51. The average molecular weight is 201 g/mol. The molecule has 0 heterocycles. The lowest BCUT2D eigenvalue weighted by Gasteiger charge is -2.29. The van der Waals surface area contributed by atoms with E-state index in [0.717, 1.165) is 0 Å². The Morgan fingerprint density at radius 3 is 2.07 bits per heavy atom. The van der Waals surface area contributed by atoms with Gasteiger partial charge in [-0.1, -0.05) is 0 Å². The van der Waals surface area contributed by atoms with Gasteiger partial charge in [-0.2, -0.15) is 0 Å². The van der Waals surface area contributed by atoms with Crippen molar-refractivity contribution in [3.8, 4) is 0 Å². The summed E-state index contributed by atoms with van der Waals surface area (Å²) in [5.74, 6) is 0. The van der Waals surface area contributed by atoms with Crippen LogP contribution in [0.15, 0.2) is 0 Å². The van der Waals surface area contributed by atoms with E-state index in [1.807, 2.05) is 7.05 Å². The standard InChI is InChI=1S/C11H27N3/c1-10(12-3)11(2)14(6)9-7-8-13(4)5/h10-12H,7-9H2,1-6H3. The molecule has 0 saturated carbocycles. The topological polar surface area (TPSA) is 18.5 Å². The molecular formula is C11H27N3. The molecule has 2 atom stereocenters. The van der Waals surface area contributed by atoms with Gasteiger partial charge in [0.1, 0.15) is 0 Å². The number of nitrogens with zero attached hydrogens (tertiary/aromatic N) is 2.